The van der Waals surface area contributed by atoms with Gasteiger partial charge in [-0.25, -0.2) is 0 Å². The van der Waals surface area contributed by atoms with Crippen LogP contribution in [0, 0.1) is 0 Å². The molecule has 2 aliphatic rings. The van der Waals surface area contributed by atoms with E-state index in [2.05, 4.69) is 12.2 Å². The molecule has 0 aromatic carbocycles. The van der Waals surface area contributed by atoms with Gasteiger partial charge >= 0.3 is 0 Å². The van der Waals surface area contributed by atoms with E-state index in [1.165, 1.54) is 0 Å². The standard InChI is InChI=1S/C11H14O3.2C2H6/c1-12-7-9-8-13-10-5-3-2-4-6-11(10)14-9;2*1-2/h3-6,9H,2,7-8H2,1H3;2*1-2H3. The second-order valence-corrected chi connectivity index (χ2v) is 3.28. The molecule has 0 aromatic rings. The van der Waals surface area contributed by atoms with Gasteiger partial charge in [-0.05, 0) is 18.6 Å². The van der Waals surface area contributed by atoms with E-state index in [4.69, 9.17) is 14.2 Å². The molecule has 0 spiro atoms. The lowest BCUT2D eigenvalue weighted by atomic mass is 10.3. The maximum atomic E-state index is 5.70. The first-order valence-corrected chi connectivity index (χ1v) is 6.76. The molecular formula is C15H26O3. The molecule has 3 heteroatoms. The molecule has 1 unspecified atom stereocenters. The molecule has 0 amide bonds. The Balaban J connectivity index is 0.000000659. The lowest BCUT2D eigenvalue weighted by Gasteiger charge is -2.25. The van der Waals surface area contributed by atoms with E-state index in [-0.39, 0.29) is 6.10 Å². The van der Waals surface area contributed by atoms with Crippen molar-refractivity contribution in [3.8, 4) is 0 Å². The minimum atomic E-state index is 0.00917. The van der Waals surface area contributed by atoms with Gasteiger partial charge in [-0.1, -0.05) is 39.8 Å². The van der Waals surface area contributed by atoms with Crippen LogP contribution in [0.25, 0.3) is 0 Å². The molecule has 1 aliphatic heterocycles. The maximum absolute atomic E-state index is 5.70. The molecule has 0 N–H and O–H groups in total. The summed E-state index contributed by atoms with van der Waals surface area (Å²) >= 11 is 0. The first-order chi connectivity index (χ1) is 8.90. The van der Waals surface area contributed by atoms with Gasteiger partial charge in [0, 0.05) is 7.11 Å². The molecule has 2 rings (SSSR count). The summed E-state index contributed by atoms with van der Waals surface area (Å²) < 4.78 is 16.3. The third-order valence-electron chi connectivity index (χ3n) is 2.12. The van der Waals surface area contributed by atoms with Crippen molar-refractivity contribution in [1.82, 2.24) is 0 Å². The van der Waals surface area contributed by atoms with Crippen LogP contribution in [0.15, 0.2) is 35.8 Å². The fraction of sp³-hybridized carbons (Fsp3) is 0.600. The first kappa shape index (κ1) is 16.8. The highest BCUT2D eigenvalue weighted by molar-refractivity contribution is 5.29. The lowest BCUT2D eigenvalue weighted by Crippen LogP contribution is -2.28. The molecule has 1 atom stereocenters. The Bertz CT molecular complexity index is 290. The van der Waals surface area contributed by atoms with E-state index >= 15 is 0 Å². The summed E-state index contributed by atoms with van der Waals surface area (Å²) in [6.07, 6.45) is 8.95. The van der Waals surface area contributed by atoms with Gasteiger partial charge in [-0.15, -0.1) is 0 Å². The average molecular weight is 254 g/mol. The largest absolute Gasteiger partial charge is 0.486 e. The molecule has 0 bridgehead atoms. The van der Waals surface area contributed by atoms with Crippen LogP contribution < -0.4 is 0 Å². The minimum Gasteiger partial charge on any atom is -0.486 e. The van der Waals surface area contributed by atoms with Crippen LogP contribution >= 0.6 is 0 Å². The highest BCUT2D eigenvalue weighted by atomic mass is 16.6. The second-order valence-electron chi connectivity index (χ2n) is 3.28. The summed E-state index contributed by atoms with van der Waals surface area (Å²) in [6.45, 7) is 9.12. The molecule has 1 heterocycles. The average Bonchev–Trinajstić information content (AvgIpc) is 2.68. The fourth-order valence-corrected chi connectivity index (χ4v) is 1.47. The first-order valence-electron chi connectivity index (χ1n) is 6.76. The molecule has 3 nitrogen and oxygen atoms in total. The van der Waals surface area contributed by atoms with Gasteiger partial charge in [-0.2, -0.15) is 0 Å². The van der Waals surface area contributed by atoms with Gasteiger partial charge < -0.3 is 14.2 Å². The summed E-state index contributed by atoms with van der Waals surface area (Å²) in [7, 11) is 1.66. The Hall–Kier alpha value is -1.22. The van der Waals surface area contributed by atoms with Crippen molar-refractivity contribution in [2.75, 3.05) is 20.3 Å². The summed E-state index contributed by atoms with van der Waals surface area (Å²) in [5.41, 5.74) is 0. The van der Waals surface area contributed by atoms with E-state index in [0.29, 0.717) is 13.2 Å². The summed E-state index contributed by atoms with van der Waals surface area (Å²) in [6, 6.07) is 0. The summed E-state index contributed by atoms with van der Waals surface area (Å²) in [5.74, 6) is 1.64. The van der Waals surface area contributed by atoms with Crippen LogP contribution in [-0.4, -0.2) is 26.4 Å². The molecule has 1 aliphatic carbocycles. The van der Waals surface area contributed by atoms with Crippen LogP contribution in [0.1, 0.15) is 34.1 Å². The number of ether oxygens (including phenoxy) is 3. The third kappa shape index (κ3) is 5.41. The van der Waals surface area contributed by atoms with E-state index < -0.39 is 0 Å². The van der Waals surface area contributed by atoms with Crippen LogP contribution in [0.4, 0.5) is 0 Å². The predicted octanol–water partition coefficient (Wildman–Crippen LogP) is 3.83. The van der Waals surface area contributed by atoms with Gasteiger partial charge in [0.15, 0.2) is 17.6 Å². The number of methoxy groups -OCH3 is 1. The summed E-state index contributed by atoms with van der Waals surface area (Å²) in [5, 5.41) is 0. The van der Waals surface area contributed by atoms with E-state index in [1.54, 1.807) is 7.11 Å². The van der Waals surface area contributed by atoms with Crippen LogP contribution in [0.5, 0.6) is 0 Å². The van der Waals surface area contributed by atoms with Crippen molar-refractivity contribution in [2.24, 2.45) is 0 Å². The number of hydrogen-bond acceptors (Lipinski definition) is 3. The minimum absolute atomic E-state index is 0.00917. The van der Waals surface area contributed by atoms with Gasteiger partial charge in [0.05, 0.1) is 6.61 Å². The summed E-state index contributed by atoms with van der Waals surface area (Å²) in [4.78, 5) is 0. The maximum Gasteiger partial charge on any atom is 0.161 e. The zero-order chi connectivity index (χ0) is 13.8. The Kier molecular flexibility index (Phi) is 10.2. The Labute approximate surface area is 111 Å². The highest BCUT2D eigenvalue weighted by Gasteiger charge is 2.21. The molecule has 0 radical (unpaired) electrons. The molecule has 0 saturated carbocycles. The van der Waals surface area contributed by atoms with Gasteiger partial charge in [-0.3, -0.25) is 0 Å². The van der Waals surface area contributed by atoms with Crippen molar-refractivity contribution in [2.45, 2.75) is 40.2 Å². The van der Waals surface area contributed by atoms with Crippen molar-refractivity contribution in [1.29, 1.82) is 0 Å². The van der Waals surface area contributed by atoms with Crippen molar-refractivity contribution < 1.29 is 14.2 Å². The van der Waals surface area contributed by atoms with Gasteiger partial charge in [0.2, 0.25) is 0 Å². The van der Waals surface area contributed by atoms with Crippen molar-refractivity contribution in [3.63, 3.8) is 0 Å². The zero-order valence-electron chi connectivity index (χ0n) is 12.2. The Morgan fingerprint density at radius 1 is 1.11 bits per heavy atom. The Morgan fingerprint density at radius 3 is 2.33 bits per heavy atom. The second kappa shape index (κ2) is 10.9. The van der Waals surface area contributed by atoms with Gasteiger partial charge in [0.25, 0.3) is 0 Å². The van der Waals surface area contributed by atoms with E-state index in [9.17, 15) is 0 Å². The highest BCUT2D eigenvalue weighted by Crippen LogP contribution is 2.22. The van der Waals surface area contributed by atoms with Gasteiger partial charge in [0.1, 0.15) is 6.61 Å². The Morgan fingerprint density at radius 2 is 1.72 bits per heavy atom. The van der Waals surface area contributed by atoms with Crippen LogP contribution in [0.3, 0.4) is 0 Å². The lowest BCUT2D eigenvalue weighted by molar-refractivity contribution is -0.0318. The molecule has 18 heavy (non-hydrogen) atoms. The van der Waals surface area contributed by atoms with Crippen LogP contribution in [0.2, 0.25) is 0 Å². The topological polar surface area (TPSA) is 27.7 Å². The van der Waals surface area contributed by atoms with Crippen molar-refractivity contribution in [3.05, 3.63) is 35.8 Å². The number of hydrogen-bond donors (Lipinski definition) is 0. The molecule has 104 valence electrons. The van der Waals surface area contributed by atoms with Crippen molar-refractivity contribution >= 4 is 0 Å². The fourth-order valence-electron chi connectivity index (χ4n) is 1.47. The smallest absolute Gasteiger partial charge is 0.161 e. The zero-order valence-corrected chi connectivity index (χ0v) is 12.2. The molecule has 0 fully saturated rings. The molecule has 0 saturated heterocycles. The molecule has 0 aromatic heterocycles. The molecular weight excluding hydrogens is 228 g/mol. The third-order valence-corrected chi connectivity index (χ3v) is 2.12. The normalized spacial score (nSPS) is 20.2. The van der Waals surface area contributed by atoms with Crippen LogP contribution in [-0.2, 0) is 14.2 Å². The number of allylic oxidation sites excluding steroid dienone is 4. The SMILES string of the molecule is CC.CC.COCC1COC2=C(C=CCC=C2)O1. The predicted molar refractivity (Wildman–Crippen MR) is 75.3 cm³/mol. The van der Waals surface area contributed by atoms with E-state index in [1.807, 2.05) is 39.8 Å². The number of rotatable bonds is 2. The monoisotopic (exact) mass is 254 g/mol. The van der Waals surface area contributed by atoms with E-state index in [0.717, 1.165) is 17.9 Å². The quantitative estimate of drug-likeness (QED) is 0.749.